The van der Waals surface area contributed by atoms with Gasteiger partial charge < -0.3 is 24.8 Å². The van der Waals surface area contributed by atoms with E-state index in [0.717, 1.165) is 0 Å². The third-order valence-electron chi connectivity index (χ3n) is 4.67. The summed E-state index contributed by atoms with van der Waals surface area (Å²) in [5.74, 6) is -0.332. The number of amides is 3. The van der Waals surface area contributed by atoms with Gasteiger partial charge in [0.1, 0.15) is 5.75 Å². The molecule has 3 aromatic rings. The molecule has 9 heteroatoms. The SMILES string of the molecule is COc1ccc(C(=O)N(C)C)cc1NC(=O)c1cccc(NC(=O)CCn2ccnc2)c1. The van der Waals surface area contributed by atoms with Gasteiger partial charge in [0.2, 0.25) is 5.91 Å². The van der Waals surface area contributed by atoms with Crippen molar-refractivity contribution in [2.75, 3.05) is 31.8 Å². The van der Waals surface area contributed by atoms with E-state index in [1.807, 2.05) is 4.57 Å². The molecule has 2 N–H and O–H groups in total. The standard InChI is InChI=1S/C23H25N5O4/c1-27(2)23(31)17-7-8-20(32-3)19(14-17)26-22(30)16-5-4-6-18(13-16)25-21(29)9-11-28-12-10-24-15-28/h4-8,10,12-15H,9,11H2,1-3H3,(H,25,29)(H,26,30). The minimum absolute atomic E-state index is 0.173. The first-order valence-electron chi connectivity index (χ1n) is 9.94. The van der Waals surface area contributed by atoms with Crippen LogP contribution < -0.4 is 15.4 Å². The quantitative estimate of drug-likeness (QED) is 0.566. The molecule has 32 heavy (non-hydrogen) atoms. The fourth-order valence-corrected chi connectivity index (χ4v) is 3.00. The molecule has 3 amide bonds. The van der Waals surface area contributed by atoms with Crippen LogP contribution in [-0.2, 0) is 11.3 Å². The molecule has 0 aliphatic carbocycles. The molecule has 1 heterocycles. The van der Waals surface area contributed by atoms with E-state index in [0.29, 0.717) is 34.8 Å². The maximum Gasteiger partial charge on any atom is 0.255 e. The third-order valence-corrected chi connectivity index (χ3v) is 4.67. The minimum atomic E-state index is -0.396. The van der Waals surface area contributed by atoms with Gasteiger partial charge in [-0.15, -0.1) is 0 Å². The number of benzene rings is 2. The first-order chi connectivity index (χ1) is 15.4. The molecule has 1 aromatic heterocycles. The van der Waals surface area contributed by atoms with Crippen molar-refractivity contribution < 1.29 is 19.1 Å². The summed E-state index contributed by atoms with van der Waals surface area (Å²) in [4.78, 5) is 42.7. The maximum absolute atomic E-state index is 12.8. The number of aromatic nitrogens is 2. The van der Waals surface area contributed by atoms with Gasteiger partial charge in [-0.2, -0.15) is 0 Å². The van der Waals surface area contributed by atoms with Gasteiger partial charge in [0.05, 0.1) is 19.1 Å². The molecular weight excluding hydrogens is 410 g/mol. The average molecular weight is 435 g/mol. The molecule has 0 atom stereocenters. The first kappa shape index (κ1) is 22.5. The van der Waals surface area contributed by atoms with Crippen LogP contribution in [0, 0.1) is 0 Å². The van der Waals surface area contributed by atoms with Crippen molar-refractivity contribution in [2.24, 2.45) is 0 Å². The zero-order valence-electron chi connectivity index (χ0n) is 18.2. The second-order valence-corrected chi connectivity index (χ2v) is 7.25. The van der Waals surface area contributed by atoms with Gasteiger partial charge >= 0.3 is 0 Å². The highest BCUT2D eigenvalue weighted by Gasteiger charge is 2.15. The van der Waals surface area contributed by atoms with Crippen LogP contribution in [0.4, 0.5) is 11.4 Å². The summed E-state index contributed by atoms with van der Waals surface area (Å²) in [6.07, 6.45) is 5.36. The number of imidazole rings is 1. The minimum Gasteiger partial charge on any atom is -0.495 e. The van der Waals surface area contributed by atoms with Gasteiger partial charge in [-0.05, 0) is 36.4 Å². The summed E-state index contributed by atoms with van der Waals surface area (Å²) in [6.45, 7) is 0.508. The van der Waals surface area contributed by atoms with E-state index in [4.69, 9.17) is 4.74 Å². The van der Waals surface area contributed by atoms with Crippen molar-refractivity contribution in [3.63, 3.8) is 0 Å². The molecule has 0 unspecified atom stereocenters. The Morgan fingerprint density at radius 1 is 1.06 bits per heavy atom. The van der Waals surface area contributed by atoms with Crippen LogP contribution in [0.3, 0.4) is 0 Å². The lowest BCUT2D eigenvalue weighted by molar-refractivity contribution is -0.116. The van der Waals surface area contributed by atoms with Crippen molar-refractivity contribution in [2.45, 2.75) is 13.0 Å². The number of ether oxygens (including phenoxy) is 1. The zero-order chi connectivity index (χ0) is 23.1. The fraction of sp³-hybridized carbons (Fsp3) is 0.217. The van der Waals surface area contributed by atoms with Crippen LogP contribution in [-0.4, -0.2) is 53.4 Å². The highest BCUT2D eigenvalue weighted by molar-refractivity contribution is 6.07. The van der Waals surface area contributed by atoms with Crippen molar-refractivity contribution in [3.05, 3.63) is 72.3 Å². The molecular formula is C23H25N5O4. The Morgan fingerprint density at radius 2 is 1.88 bits per heavy atom. The van der Waals surface area contributed by atoms with E-state index in [1.165, 1.54) is 12.0 Å². The Balaban J connectivity index is 1.69. The van der Waals surface area contributed by atoms with Gasteiger partial charge in [0, 0.05) is 56.3 Å². The van der Waals surface area contributed by atoms with Crippen molar-refractivity contribution in [1.82, 2.24) is 14.5 Å². The maximum atomic E-state index is 12.8. The van der Waals surface area contributed by atoms with E-state index in [1.54, 1.807) is 75.3 Å². The number of aryl methyl sites for hydroxylation is 1. The lowest BCUT2D eigenvalue weighted by Crippen LogP contribution is -2.22. The first-order valence-corrected chi connectivity index (χ1v) is 9.94. The lowest BCUT2D eigenvalue weighted by Gasteiger charge is -2.15. The van der Waals surface area contributed by atoms with Gasteiger partial charge in [-0.3, -0.25) is 14.4 Å². The highest BCUT2D eigenvalue weighted by Crippen LogP contribution is 2.27. The third kappa shape index (κ3) is 5.72. The molecule has 0 aliphatic rings. The van der Waals surface area contributed by atoms with Crippen molar-refractivity contribution in [1.29, 1.82) is 0 Å². The molecule has 0 saturated carbocycles. The number of carbonyl (C=O) groups is 3. The van der Waals surface area contributed by atoms with Crippen molar-refractivity contribution in [3.8, 4) is 5.75 Å². The Kier molecular flexibility index (Phi) is 7.22. The summed E-state index contributed by atoms with van der Waals surface area (Å²) in [6, 6.07) is 11.5. The predicted molar refractivity (Wildman–Crippen MR) is 121 cm³/mol. The smallest absolute Gasteiger partial charge is 0.255 e. The van der Waals surface area contributed by atoms with E-state index in [9.17, 15) is 14.4 Å². The molecule has 9 nitrogen and oxygen atoms in total. The molecule has 0 fully saturated rings. The second kappa shape index (κ2) is 10.3. The molecule has 0 bridgehead atoms. The molecule has 2 aromatic carbocycles. The summed E-state index contributed by atoms with van der Waals surface area (Å²) in [5.41, 5.74) is 1.66. The Morgan fingerprint density at radius 3 is 2.56 bits per heavy atom. The summed E-state index contributed by atoms with van der Waals surface area (Å²) < 4.78 is 7.12. The van der Waals surface area contributed by atoms with E-state index < -0.39 is 5.91 Å². The number of hydrogen-bond donors (Lipinski definition) is 2. The number of hydrogen-bond acceptors (Lipinski definition) is 5. The number of nitrogens with one attached hydrogen (secondary N) is 2. The number of methoxy groups -OCH3 is 1. The van der Waals surface area contributed by atoms with Crippen LogP contribution in [0.1, 0.15) is 27.1 Å². The molecule has 0 radical (unpaired) electrons. The van der Waals surface area contributed by atoms with Crippen LogP contribution >= 0.6 is 0 Å². The van der Waals surface area contributed by atoms with E-state index >= 15 is 0 Å². The zero-order valence-corrected chi connectivity index (χ0v) is 18.2. The normalized spacial score (nSPS) is 10.3. The van der Waals surface area contributed by atoms with Crippen LogP contribution in [0.5, 0.6) is 5.75 Å². The molecule has 0 saturated heterocycles. The number of rotatable bonds is 8. The van der Waals surface area contributed by atoms with Crippen LogP contribution in [0.2, 0.25) is 0 Å². The number of carbonyl (C=O) groups excluding carboxylic acids is 3. The Labute approximate surface area is 186 Å². The lowest BCUT2D eigenvalue weighted by atomic mass is 10.1. The summed E-state index contributed by atoms with van der Waals surface area (Å²) in [5, 5.41) is 5.57. The van der Waals surface area contributed by atoms with Crippen LogP contribution in [0.25, 0.3) is 0 Å². The van der Waals surface area contributed by atoms with Gasteiger partial charge in [-0.25, -0.2) is 4.98 Å². The Bertz CT molecular complexity index is 1110. The van der Waals surface area contributed by atoms with Gasteiger partial charge in [0.25, 0.3) is 11.8 Å². The summed E-state index contributed by atoms with van der Waals surface area (Å²) in [7, 11) is 4.79. The molecule has 3 rings (SSSR count). The van der Waals surface area contributed by atoms with Gasteiger partial charge in [-0.1, -0.05) is 6.07 Å². The molecule has 0 spiro atoms. The largest absolute Gasteiger partial charge is 0.495 e. The molecule has 166 valence electrons. The summed E-state index contributed by atoms with van der Waals surface area (Å²) >= 11 is 0. The van der Waals surface area contributed by atoms with Gasteiger partial charge in [0.15, 0.2) is 0 Å². The van der Waals surface area contributed by atoms with Crippen molar-refractivity contribution >= 4 is 29.1 Å². The molecule has 0 aliphatic heterocycles. The number of nitrogens with zero attached hydrogens (tertiary/aromatic N) is 3. The topological polar surface area (TPSA) is 106 Å². The monoisotopic (exact) mass is 435 g/mol. The van der Waals surface area contributed by atoms with E-state index in [2.05, 4.69) is 15.6 Å². The number of anilines is 2. The second-order valence-electron chi connectivity index (χ2n) is 7.25. The average Bonchev–Trinajstić information content (AvgIpc) is 3.31. The predicted octanol–water partition coefficient (Wildman–Crippen LogP) is 2.87. The Hall–Kier alpha value is -4.14. The highest BCUT2D eigenvalue weighted by atomic mass is 16.5. The fourth-order valence-electron chi connectivity index (χ4n) is 3.00. The van der Waals surface area contributed by atoms with E-state index in [-0.39, 0.29) is 18.2 Å². The van der Waals surface area contributed by atoms with Crippen LogP contribution in [0.15, 0.2) is 61.2 Å².